The predicted molar refractivity (Wildman–Crippen MR) is 96.3 cm³/mol. The van der Waals surface area contributed by atoms with E-state index in [-0.39, 0.29) is 24.1 Å². The van der Waals surface area contributed by atoms with Gasteiger partial charge in [0.1, 0.15) is 12.1 Å². The third-order valence-electron chi connectivity index (χ3n) is 6.05. The second-order valence-corrected chi connectivity index (χ2v) is 8.14. The fourth-order valence-corrected chi connectivity index (χ4v) is 4.44. The number of carbonyl (C=O) groups excluding carboxylic acids is 2. The minimum Gasteiger partial charge on any atom is -0.457 e. The van der Waals surface area contributed by atoms with E-state index < -0.39 is 24.2 Å². The van der Waals surface area contributed by atoms with Crippen molar-refractivity contribution in [1.82, 2.24) is 0 Å². The van der Waals surface area contributed by atoms with Crippen molar-refractivity contribution >= 4 is 11.9 Å². The molecule has 3 fully saturated rings. The Morgan fingerprint density at radius 2 is 1.65 bits per heavy atom. The molecule has 6 nitrogen and oxygen atoms in total. The van der Waals surface area contributed by atoms with Crippen molar-refractivity contribution in [2.75, 3.05) is 0 Å². The molecule has 1 saturated heterocycles. The summed E-state index contributed by atoms with van der Waals surface area (Å²) in [7, 11) is 0. The zero-order valence-corrected chi connectivity index (χ0v) is 15.9. The maximum atomic E-state index is 12.6. The normalized spacial score (nSPS) is 34.8. The monoisotopic (exact) mass is 367 g/mol. The lowest BCUT2D eigenvalue weighted by Gasteiger charge is -2.33. The van der Waals surface area contributed by atoms with Crippen LogP contribution in [0.2, 0.25) is 0 Å². The van der Waals surface area contributed by atoms with E-state index in [1.165, 1.54) is 12.8 Å². The first-order valence-corrected chi connectivity index (χ1v) is 10.4. The molecule has 0 bridgehead atoms. The van der Waals surface area contributed by atoms with E-state index in [9.17, 15) is 9.59 Å². The van der Waals surface area contributed by atoms with E-state index in [0.29, 0.717) is 6.42 Å². The third-order valence-corrected chi connectivity index (χ3v) is 6.05. The molecule has 2 N–H and O–H groups in total. The number of rotatable bonds is 4. The summed E-state index contributed by atoms with van der Waals surface area (Å²) in [6.45, 7) is 1.79. The summed E-state index contributed by atoms with van der Waals surface area (Å²) in [6.07, 6.45) is 9.31. The minimum absolute atomic E-state index is 0.0279. The fraction of sp³-hybridized carbons (Fsp3) is 0.900. The second-order valence-electron chi connectivity index (χ2n) is 8.14. The largest absolute Gasteiger partial charge is 0.457 e. The van der Waals surface area contributed by atoms with Gasteiger partial charge < -0.3 is 19.9 Å². The highest BCUT2D eigenvalue weighted by Gasteiger charge is 2.39. The number of carbonyl (C=O) groups is 2. The molecule has 3 aliphatic rings. The summed E-state index contributed by atoms with van der Waals surface area (Å²) >= 11 is 0. The number of ether oxygens (including phenoxy) is 3. The molecule has 0 amide bonds. The van der Waals surface area contributed by atoms with Crippen molar-refractivity contribution in [3.05, 3.63) is 0 Å². The molecule has 2 aliphatic carbocycles. The smallest absolute Gasteiger partial charge is 0.323 e. The number of esters is 2. The Bertz CT molecular complexity index is 485. The van der Waals surface area contributed by atoms with Crippen LogP contribution in [-0.2, 0) is 23.8 Å². The molecule has 4 atom stereocenters. The van der Waals surface area contributed by atoms with Crippen LogP contribution in [0.3, 0.4) is 0 Å². The van der Waals surface area contributed by atoms with Gasteiger partial charge in [-0.3, -0.25) is 9.59 Å². The van der Waals surface area contributed by atoms with Gasteiger partial charge in [-0.15, -0.1) is 0 Å². The highest BCUT2D eigenvalue weighted by atomic mass is 16.6. The van der Waals surface area contributed by atoms with Gasteiger partial charge in [-0.25, -0.2) is 0 Å². The average Bonchev–Trinajstić information content (AvgIpc) is 3.31. The molecule has 0 unspecified atom stereocenters. The van der Waals surface area contributed by atoms with E-state index in [1.807, 2.05) is 0 Å². The van der Waals surface area contributed by atoms with E-state index in [0.717, 1.165) is 51.4 Å². The maximum Gasteiger partial charge on any atom is 0.323 e. The van der Waals surface area contributed by atoms with Crippen LogP contribution < -0.4 is 5.73 Å². The lowest BCUT2D eigenvalue weighted by atomic mass is 10.0. The first-order chi connectivity index (χ1) is 12.5. The highest BCUT2D eigenvalue weighted by Crippen LogP contribution is 2.31. The standard InChI is InChI=1S/C20H33NO5/c1-13-18(26-19(22)14-7-2-3-8-14)17(25-15-9-4-5-10-15)12-6-11-16(21)20(23)24-13/h13-18H,2-12,21H2,1H3/t13-,16-,17-,18-/m0/s1. The molecule has 0 radical (unpaired) electrons. The van der Waals surface area contributed by atoms with Gasteiger partial charge in [-0.2, -0.15) is 0 Å². The van der Waals surface area contributed by atoms with Crippen molar-refractivity contribution in [2.45, 2.75) is 108 Å². The van der Waals surface area contributed by atoms with Gasteiger partial charge in [0.25, 0.3) is 0 Å². The lowest BCUT2D eigenvalue weighted by Crippen LogP contribution is -2.45. The number of hydrogen-bond acceptors (Lipinski definition) is 6. The molecule has 1 aliphatic heterocycles. The quantitative estimate of drug-likeness (QED) is 0.769. The van der Waals surface area contributed by atoms with Gasteiger partial charge in [0.2, 0.25) is 0 Å². The van der Waals surface area contributed by atoms with Crippen molar-refractivity contribution in [3.63, 3.8) is 0 Å². The van der Waals surface area contributed by atoms with Gasteiger partial charge in [0.05, 0.1) is 18.1 Å². The van der Waals surface area contributed by atoms with Crippen molar-refractivity contribution in [1.29, 1.82) is 0 Å². The molecule has 26 heavy (non-hydrogen) atoms. The van der Waals surface area contributed by atoms with Gasteiger partial charge in [0, 0.05) is 0 Å². The Kier molecular flexibility index (Phi) is 6.92. The Morgan fingerprint density at radius 1 is 1.00 bits per heavy atom. The zero-order valence-electron chi connectivity index (χ0n) is 15.9. The first kappa shape index (κ1) is 19.6. The summed E-state index contributed by atoms with van der Waals surface area (Å²) in [6, 6.07) is -0.617. The maximum absolute atomic E-state index is 12.6. The van der Waals surface area contributed by atoms with E-state index in [4.69, 9.17) is 19.9 Å². The van der Waals surface area contributed by atoms with Gasteiger partial charge >= 0.3 is 11.9 Å². The summed E-state index contributed by atoms with van der Waals surface area (Å²) in [5.74, 6) is -0.611. The Morgan fingerprint density at radius 3 is 2.35 bits per heavy atom. The van der Waals surface area contributed by atoms with Crippen LogP contribution in [0.1, 0.15) is 77.6 Å². The van der Waals surface area contributed by atoms with Gasteiger partial charge in [-0.05, 0) is 51.9 Å². The van der Waals surface area contributed by atoms with Crippen molar-refractivity contribution < 1.29 is 23.8 Å². The zero-order chi connectivity index (χ0) is 18.5. The van der Waals surface area contributed by atoms with Crippen molar-refractivity contribution in [2.24, 2.45) is 11.7 Å². The molecule has 2 saturated carbocycles. The molecule has 6 heteroatoms. The molecular formula is C20H33NO5. The van der Waals surface area contributed by atoms with Gasteiger partial charge in [0.15, 0.2) is 6.10 Å². The first-order valence-electron chi connectivity index (χ1n) is 10.4. The molecular weight excluding hydrogens is 334 g/mol. The van der Waals surface area contributed by atoms with Crippen LogP contribution in [0.25, 0.3) is 0 Å². The van der Waals surface area contributed by atoms with Crippen molar-refractivity contribution in [3.8, 4) is 0 Å². The number of nitrogens with two attached hydrogens (primary N) is 1. The molecule has 3 rings (SSSR count). The summed E-state index contributed by atoms with van der Waals surface area (Å²) in [4.78, 5) is 24.8. The second kappa shape index (κ2) is 9.18. The average molecular weight is 367 g/mol. The molecule has 0 aromatic carbocycles. The molecule has 0 aromatic rings. The fourth-order valence-electron chi connectivity index (χ4n) is 4.44. The third kappa shape index (κ3) is 4.97. The summed E-state index contributed by atoms with van der Waals surface area (Å²) in [5.41, 5.74) is 5.91. The van der Waals surface area contributed by atoms with E-state index in [2.05, 4.69) is 0 Å². The molecule has 1 heterocycles. The van der Waals surface area contributed by atoms with Crippen LogP contribution in [0, 0.1) is 5.92 Å². The predicted octanol–water partition coefficient (Wildman–Crippen LogP) is 2.86. The summed E-state index contributed by atoms with van der Waals surface area (Å²) in [5, 5.41) is 0. The topological polar surface area (TPSA) is 87.8 Å². The van der Waals surface area contributed by atoms with Crippen LogP contribution >= 0.6 is 0 Å². The van der Waals surface area contributed by atoms with Crippen LogP contribution in [0.15, 0.2) is 0 Å². The van der Waals surface area contributed by atoms with Crippen LogP contribution in [-0.4, -0.2) is 42.4 Å². The van der Waals surface area contributed by atoms with E-state index in [1.54, 1.807) is 6.92 Å². The Balaban J connectivity index is 1.73. The minimum atomic E-state index is -0.617. The molecule has 0 aromatic heterocycles. The number of cyclic esters (lactones) is 1. The molecule has 0 spiro atoms. The Hall–Kier alpha value is -1.14. The highest BCUT2D eigenvalue weighted by molar-refractivity contribution is 5.76. The van der Waals surface area contributed by atoms with E-state index >= 15 is 0 Å². The van der Waals surface area contributed by atoms with Crippen LogP contribution in [0.5, 0.6) is 0 Å². The van der Waals surface area contributed by atoms with Crippen LogP contribution in [0.4, 0.5) is 0 Å². The lowest BCUT2D eigenvalue weighted by molar-refractivity contribution is -0.186. The number of hydrogen-bond donors (Lipinski definition) is 1. The van der Waals surface area contributed by atoms with Gasteiger partial charge in [-0.1, -0.05) is 25.7 Å². The summed E-state index contributed by atoms with van der Waals surface area (Å²) < 4.78 is 17.8. The SMILES string of the molecule is C[C@@H]1OC(=O)[C@@H](N)CCC[C@H](OC2CCCC2)[C@H]1OC(=O)C1CCCC1. The Labute approximate surface area is 156 Å². The molecule has 148 valence electrons.